The fourth-order valence-electron chi connectivity index (χ4n) is 0.390. The summed E-state index contributed by atoms with van der Waals surface area (Å²) in [7, 11) is 0. The molecular formula is C4H4BrN3O. The molecule has 0 aliphatic heterocycles. The molecule has 0 atom stereocenters. The topological polar surface area (TPSA) is 71.8 Å². The summed E-state index contributed by atoms with van der Waals surface area (Å²) < 4.78 is 0.520. The molecule has 0 saturated heterocycles. The second-order valence-electron chi connectivity index (χ2n) is 1.47. The van der Waals surface area contributed by atoms with E-state index in [-0.39, 0.29) is 11.4 Å². The molecule has 0 saturated carbocycles. The van der Waals surface area contributed by atoms with Crippen molar-refractivity contribution in [3.8, 4) is 0 Å². The molecule has 0 aliphatic carbocycles. The molecule has 0 unspecified atom stereocenters. The Morgan fingerprint density at radius 1 is 1.78 bits per heavy atom. The molecule has 9 heavy (non-hydrogen) atoms. The molecule has 4 nitrogen and oxygen atoms in total. The number of rotatable bonds is 0. The number of nitrogens with one attached hydrogen (secondary N) is 1. The van der Waals surface area contributed by atoms with Gasteiger partial charge in [0.05, 0.1) is 4.47 Å². The van der Waals surface area contributed by atoms with Crippen molar-refractivity contribution in [1.82, 2.24) is 10.2 Å². The Hall–Kier alpha value is -0.840. The first-order valence-electron chi connectivity index (χ1n) is 2.21. The highest BCUT2D eigenvalue weighted by atomic mass is 79.9. The second-order valence-corrected chi connectivity index (χ2v) is 2.32. The number of halogens is 1. The molecule has 0 aromatic carbocycles. The zero-order chi connectivity index (χ0) is 6.85. The van der Waals surface area contributed by atoms with Gasteiger partial charge in [0, 0.05) is 6.07 Å². The van der Waals surface area contributed by atoms with Crippen LogP contribution in [0.15, 0.2) is 15.3 Å². The Kier molecular flexibility index (Phi) is 1.52. The van der Waals surface area contributed by atoms with Gasteiger partial charge < -0.3 is 5.73 Å². The number of aromatic amines is 1. The Morgan fingerprint density at radius 2 is 2.44 bits per heavy atom. The highest BCUT2D eigenvalue weighted by molar-refractivity contribution is 9.10. The van der Waals surface area contributed by atoms with Gasteiger partial charge in [-0.25, -0.2) is 5.10 Å². The van der Waals surface area contributed by atoms with Crippen LogP contribution < -0.4 is 11.3 Å². The summed E-state index contributed by atoms with van der Waals surface area (Å²) in [4.78, 5) is 10.4. The summed E-state index contributed by atoms with van der Waals surface area (Å²) in [5.41, 5.74) is 4.99. The first-order valence-corrected chi connectivity index (χ1v) is 3.00. The maximum absolute atomic E-state index is 10.4. The summed E-state index contributed by atoms with van der Waals surface area (Å²) in [6, 6.07) is 1.32. The van der Waals surface area contributed by atoms with Crippen LogP contribution in [0, 0.1) is 0 Å². The van der Waals surface area contributed by atoms with Crippen LogP contribution in [0.1, 0.15) is 0 Å². The lowest BCUT2D eigenvalue weighted by molar-refractivity contribution is 0.992. The van der Waals surface area contributed by atoms with Gasteiger partial charge in [-0.3, -0.25) is 4.79 Å². The van der Waals surface area contributed by atoms with Crippen LogP contribution in [0.5, 0.6) is 0 Å². The van der Waals surface area contributed by atoms with Crippen LogP contribution >= 0.6 is 15.9 Å². The molecule has 0 spiro atoms. The lowest BCUT2D eigenvalue weighted by Crippen LogP contribution is -2.08. The van der Waals surface area contributed by atoms with Gasteiger partial charge in [-0.1, -0.05) is 0 Å². The third-order valence-electron chi connectivity index (χ3n) is 0.789. The minimum Gasteiger partial charge on any atom is -0.381 e. The Labute approximate surface area is 59.2 Å². The van der Waals surface area contributed by atoms with Crippen molar-refractivity contribution < 1.29 is 0 Å². The monoisotopic (exact) mass is 189 g/mol. The second kappa shape index (κ2) is 2.18. The van der Waals surface area contributed by atoms with Crippen LogP contribution in [0.4, 0.5) is 5.82 Å². The predicted molar refractivity (Wildman–Crippen MR) is 37.0 cm³/mol. The van der Waals surface area contributed by atoms with E-state index in [4.69, 9.17) is 5.73 Å². The van der Waals surface area contributed by atoms with Crippen molar-refractivity contribution in [2.75, 3.05) is 5.73 Å². The smallest absolute Gasteiger partial charge is 0.265 e. The minimum absolute atomic E-state index is 0.268. The van der Waals surface area contributed by atoms with E-state index in [1.165, 1.54) is 6.07 Å². The fraction of sp³-hybridized carbons (Fsp3) is 0. The highest BCUT2D eigenvalue weighted by Gasteiger charge is 1.93. The lowest BCUT2D eigenvalue weighted by Gasteiger charge is -1.90. The van der Waals surface area contributed by atoms with Crippen molar-refractivity contribution in [2.45, 2.75) is 0 Å². The zero-order valence-electron chi connectivity index (χ0n) is 4.39. The highest BCUT2D eigenvalue weighted by Crippen LogP contribution is 2.10. The summed E-state index contributed by atoms with van der Waals surface area (Å²) in [5, 5.41) is 5.65. The lowest BCUT2D eigenvalue weighted by atomic mass is 10.5. The van der Waals surface area contributed by atoms with Crippen molar-refractivity contribution in [3.63, 3.8) is 0 Å². The van der Waals surface area contributed by atoms with Crippen LogP contribution in [-0.4, -0.2) is 10.2 Å². The Morgan fingerprint density at radius 3 is 2.89 bits per heavy atom. The number of hydrogen-bond donors (Lipinski definition) is 2. The quantitative estimate of drug-likeness (QED) is 0.609. The SMILES string of the molecule is Nc1n[nH]c(=O)cc1Br. The average Bonchev–Trinajstić information content (AvgIpc) is 1.80. The molecule has 1 aromatic heterocycles. The minimum atomic E-state index is -0.268. The molecule has 1 aromatic rings. The van der Waals surface area contributed by atoms with E-state index in [9.17, 15) is 4.79 Å². The van der Waals surface area contributed by atoms with Crippen molar-refractivity contribution in [1.29, 1.82) is 0 Å². The van der Waals surface area contributed by atoms with Gasteiger partial charge in [0.25, 0.3) is 5.56 Å². The first-order chi connectivity index (χ1) is 4.20. The third kappa shape index (κ3) is 1.29. The standard InChI is InChI=1S/C4H4BrN3O/c5-2-1-3(9)7-8-4(2)6/h1H,(H2,6,8)(H,7,9). The van der Waals surface area contributed by atoms with E-state index < -0.39 is 0 Å². The summed E-state index contributed by atoms with van der Waals surface area (Å²) in [5.74, 6) is 0.287. The van der Waals surface area contributed by atoms with E-state index >= 15 is 0 Å². The van der Waals surface area contributed by atoms with Gasteiger partial charge in [0.15, 0.2) is 5.82 Å². The number of nitrogens with two attached hydrogens (primary N) is 1. The maximum atomic E-state index is 10.4. The molecule has 0 radical (unpaired) electrons. The van der Waals surface area contributed by atoms with Gasteiger partial charge >= 0.3 is 0 Å². The van der Waals surface area contributed by atoms with Crippen molar-refractivity contribution in [3.05, 3.63) is 20.9 Å². The number of anilines is 1. The van der Waals surface area contributed by atoms with Crippen LogP contribution in [0.3, 0.4) is 0 Å². The van der Waals surface area contributed by atoms with E-state index in [1.54, 1.807) is 0 Å². The van der Waals surface area contributed by atoms with E-state index in [2.05, 4.69) is 26.1 Å². The first kappa shape index (κ1) is 6.28. The maximum Gasteiger partial charge on any atom is 0.265 e. The van der Waals surface area contributed by atoms with E-state index in [0.29, 0.717) is 4.47 Å². The molecule has 0 aliphatic rings. The summed E-state index contributed by atoms with van der Waals surface area (Å²) in [6.07, 6.45) is 0. The third-order valence-corrected chi connectivity index (χ3v) is 1.42. The molecule has 1 rings (SSSR count). The van der Waals surface area contributed by atoms with Crippen LogP contribution in [0.2, 0.25) is 0 Å². The number of nitrogens with zero attached hydrogens (tertiary/aromatic N) is 1. The molecule has 0 amide bonds. The summed E-state index contributed by atoms with van der Waals surface area (Å²) >= 11 is 3.04. The molecule has 0 bridgehead atoms. The molecule has 5 heteroatoms. The predicted octanol–water partition coefficient (Wildman–Crippen LogP) is 0.115. The number of nitrogen functional groups attached to an aromatic ring is 1. The molecule has 48 valence electrons. The Bertz CT molecular complexity index is 269. The molecule has 1 heterocycles. The zero-order valence-corrected chi connectivity index (χ0v) is 5.97. The van der Waals surface area contributed by atoms with Gasteiger partial charge in [-0.05, 0) is 15.9 Å². The number of hydrogen-bond acceptors (Lipinski definition) is 3. The van der Waals surface area contributed by atoms with Crippen molar-refractivity contribution in [2.24, 2.45) is 0 Å². The van der Waals surface area contributed by atoms with Gasteiger partial charge in [-0.2, -0.15) is 5.10 Å². The van der Waals surface area contributed by atoms with Crippen LogP contribution in [-0.2, 0) is 0 Å². The van der Waals surface area contributed by atoms with Gasteiger partial charge in [-0.15, -0.1) is 0 Å². The summed E-state index contributed by atoms with van der Waals surface area (Å²) in [6.45, 7) is 0. The average molecular weight is 190 g/mol. The largest absolute Gasteiger partial charge is 0.381 e. The normalized spacial score (nSPS) is 9.44. The van der Waals surface area contributed by atoms with Crippen LogP contribution in [0.25, 0.3) is 0 Å². The fourth-order valence-corrected chi connectivity index (χ4v) is 0.687. The van der Waals surface area contributed by atoms with E-state index in [0.717, 1.165) is 0 Å². The van der Waals surface area contributed by atoms with Crippen molar-refractivity contribution >= 4 is 21.7 Å². The number of aromatic nitrogens is 2. The van der Waals surface area contributed by atoms with Gasteiger partial charge in [0.1, 0.15) is 0 Å². The van der Waals surface area contributed by atoms with Gasteiger partial charge in [0.2, 0.25) is 0 Å². The molecule has 0 fully saturated rings. The van der Waals surface area contributed by atoms with E-state index in [1.807, 2.05) is 0 Å². The molecule has 3 N–H and O–H groups in total. The molecular weight excluding hydrogens is 186 g/mol. The Balaban J connectivity index is 3.34. The number of H-pyrrole nitrogens is 1.